The quantitative estimate of drug-likeness (QED) is 0.843. The first-order valence-electron chi connectivity index (χ1n) is 6.80. The highest BCUT2D eigenvalue weighted by Gasteiger charge is 2.34. The van der Waals surface area contributed by atoms with Crippen molar-refractivity contribution in [2.45, 2.75) is 19.9 Å². The van der Waals surface area contributed by atoms with Crippen molar-refractivity contribution in [2.75, 3.05) is 20.1 Å². The molecule has 2 rings (SSSR count). The number of amides is 4. The van der Waals surface area contributed by atoms with Gasteiger partial charge < -0.3 is 10.2 Å². The van der Waals surface area contributed by atoms with E-state index in [1.54, 1.807) is 0 Å². The molecule has 1 atom stereocenters. The molecule has 1 aromatic rings. The minimum Gasteiger partial charge on any atom is -0.348 e. The Morgan fingerprint density at radius 2 is 2.00 bits per heavy atom. The van der Waals surface area contributed by atoms with Crippen LogP contribution in [-0.2, 0) is 9.59 Å². The minimum absolute atomic E-state index is 0.0272. The van der Waals surface area contributed by atoms with E-state index in [0.717, 1.165) is 16.0 Å². The summed E-state index contributed by atoms with van der Waals surface area (Å²) in [5.74, 6) is -0.691. The molecule has 6 nitrogen and oxygen atoms in total. The molecular weight excluding hydrogens is 270 g/mol. The van der Waals surface area contributed by atoms with Crippen molar-refractivity contribution >= 4 is 17.8 Å². The van der Waals surface area contributed by atoms with Crippen LogP contribution in [0.4, 0.5) is 4.79 Å². The van der Waals surface area contributed by atoms with E-state index in [-0.39, 0.29) is 30.9 Å². The second-order valence-corrected chi connectivity index (χ2v) is 5.26. The number of hydrogen-bond donors (Lipinski definition) is 1. The second kappa shape index (κ2) is 5.95. The van der Waals surface area contributed by atoms with Crippen molar-refractivity contribution in [1.29, 1.82) is 0 Å². The molecule has 1 unspecified atom stereocenters. The number of imide groups is 1. The Morgan fingerprint density at radius 3 is 2.57 bits per heavy atom. The first-order chi connectivity index (χ1) is 9.90. The van der Waals surface area contributed by atoms with Crippen molar-refractivity contribution < 1.29 is 14.4 Å². The van der Waals surface area contributed by atoms with Crippen LogP contribution in [-0.4, -0.2) is 47.8 Å². The van der Waals surface area contributed by atoms with Crippen LogP contribution in [0.2, 0.25) is 0 Å². The average molecular weight is 289 g/mol. The molecule has 4 amide bonds. The molecule has 1 aromatic carbocycles. The highest BCUT2D eigenvalue weighted by molar-refractivity contribution is 6.04. The summed E-state index contributed by atoms with van der Waals surface area (Å²) in [4.78, 5) is 37.6. The standard InChI is InChI=1S/C15H19N3O3/c1-10-6-4-5-7-12(10)11(2)16-13(19)8-18-14(20)9-17(3)15(18)21/h4-7,11H,8-9H2,1-3H3,(H,16,19). The molecule has 1 saturated heterocycles. The number of nitrogens with one attached hydrogen (secondary N) is 1. The number of likely N-dealkylation sites (N-methyl/N-ethyl adjacent to an activating group) is 1. The summed E-state index contributed by atoms with van der Waals surface area (Å²) in [6.07, 6.45) is 0. The van der Waals surface area contributed by atoms with Crippen LogP contribution >= 0.6 is 0 Å². The Morgan fingerprint density at radius 1 is 1.33 bits per heavy atom. The number of hydrogen-bond acceptors (Lipinski definition) is 3. The van der Waals surface area contributed by atoms with Crippen LogP contribution in [0, 0.1) is 6.92 Å². The van der Waals surface area contributed by atoms with Crippen LogP contribution in [0.1, 0.15) is 24.1 Å². The lowest BCUT2D eigenvalue weighted by molar-refractivity contribution is -0.131. The number of rotatable bonds is 4. The molecule has 0 bridgehead atoms. The van der Waals surface area contributed by atoms with Gasteiger partial charge in [0.15, 0.2) is 0 Å². The molecule has 0 aromatic heterocycles. The van der Waals surface area contributed by atoms with Crippen molar-refractivity contribution in [3.05, 3.63) is 35.4 Å². The molecule has 0 spiro atoms. The fourth-order valence-corrected chi connectivity index (χ4v) is 2.41. The molecule has 1 aliphatic heterocycles. The monoisotopic (exact) mass is 289 g/mol. The normalized spacial score (nSPS) is 16.3. The van der Waals surface area contributed by atoms with E-state index in [4.69, 9.17) is 0 Å². The van der Waals surface area contributed by atoms with E-state index in [1.165, 1.54) is 11.9 Å². The summed E-state index contributed by atoms with van der Waals surface area (Å²) in [5.41, 5.74) is 2.10. The third kappa shape index (κ3) is 3.21. The maximum absolute atomic E-state index is 12.0. The molecule has 1 fully saturated rings. The number of carbonyl (C=O) groups is 3. The molecule has 21 heavy (non-hydrogen) atoms. The topological polar surface area (TPSA) is 69.7 Å². The van der Waals surface area contributed by atoms with Gasteiger partial charge in [0.25, 0.3) is 5.91 Å². The number of urea groups is 1. The van der Waals surface area contributed by atoms with Crippen LogP contribution in [0.25, 0.3) is 0 Å². The number of benzene rings is 1. The number of nitrogens with zero attached hydrogens (tertiary/aromatic N) is 2. The van der Waals surface area contributed by atoms with Gasteiger partial charge in [-0.1, -0.05) is 24.3 Å². The molecule has 112 valence electrons. The van der Waals surface area contributed by atoms with Crippen molar-refractivity contribution in [2.24, 2.45) is 0 Å². The van der Waals surface area contributed by atoms with Gasteiger partial charge in [-0.2, -0.15) is 0 Å². The first-order valence-corrected chi connectivity index (χ1v) is 6.80. The Balaban J connectivity index is 1.98. The van der Waals surface area contributed by atoms with Gasteiger partial charge in [0.05, 0.1) is 6.04 Å². The third-order valence-corrected chi connectivity index (χ3v) is 3.57. The fraction of sp³-hybridized carbons (Fsp3) is 0.400. The first kappa shape index (κ1) is 15.0. The lowest BCUT2D eigenvalue weighted by atomic mass is 10.0. The Kier molecular flexibility index (Phi) is 4.26. The van der Waals surface area contributed by atoms with Crippen LogP contribution < -0.4 is 5.32 Å². The lowest BCUT2D eigenvalue weighted by Gasteiger charge is -2.19. The highest BCUT2D eigenvalue weighted by atomic mass is 16.2. The molecule has 0 aliphatic carbocycles. The van der Waals surface area contributed by atoms with Gasteiger partial charge in [0.2, 0.25) is 5.91 Å². The minimum atomic E-state index is -0.432. The maximum atomic E-state index is 12.0. The van der Waals surface area contributed by atoms with E-state index >= 15 is 0 Å². The SMILES string of the molecule is Cc1ccccc1C(C)NC(=O)CN1C(=O)CN(C)C1=O. The largest absolute Gasteiger partial charge is 0.348 e. The third-order valence-electron chi connectivity index (χ3n) is 3.57. The van der Waals surface area contributed by atoms with Gasteiger partial charge in [-0.25, -0.2) is 4.79 Å². The van der Waals surface area contributed by atoms with Crippen LogP contribution in [0.5, 0.6) is 0 Å². The van der Waals surface area contributed by atoms with E-state index in [9.17, 15) is 14.4 Å². The van der Waals surface area contributed by atoms with Crippen molar-refractivity contribution in [1.82, 2.24) is 15.1 Å². The van der Waals surface area contributed by atoms with E-state index in [1.807, 2.05) is 38.1 Å². The molecule has 6 heteroatoms. The summed E-state index contributed by atoms with van der Waals surface area (Å²) >= 11 is 0. The van der Waals surface area contributed by atoms with Gasteiger partial charge >= 0.3 is 6.03 Å². The molecular formula is C15H19N3O3. The zero-order valence-corrected chi connectivity index (χ0v) is 12.4. The van der Waals surface area contributed by atoms with Gasteiger partial charge in [-0.05, 0) is 25.0 Å². The smallest absolute Gasteiger partial charge is 0.327 e. The molecule has 1 aliphatic rings. The zero-order chi connectivity index (χ0) is 15.6. The van der Waals surface area contributed by atoms with Crippen molar-refractivity contribution in [3.8, 4) is 0 Å². The predicted octanol–water partition coefficient (Wildman–Crippen LogP) is 1.07. The Labute approximate surface area is 123 Å². The maximum Gasteiger partial charge on any atom is 0.327 e. The zero-order valence-electron chi connectivity index (χ0n) is 12.4. The molecule has 0 radical (unpaired) electrons. The van der Waals surface area contributed by atoms with Gasteiger partial charge in [-0.3, -0.25) is 14.5 Å². The van der Waals surface area contributed by atoms with Crippen LogP contribution in [0.3, 0.4) is 0 Å². The second-order valence-electron chi connectivity index (χ2n) is 5.26. The van der Waals surface area contributed by atoms with E-state index in [0.29, 0.717) is 0 Å². The summed E-state index contributed by atoms with van der Waals surface area (Å²) in [7, 11) is 1.54. The van der Waals surface area contributed by atoms with Gasteiger partial charge in [-0.15, -0.1) is 0 Å². The average Bonchev–Trinajstić information content (AvgIpc) is 2.65. The predicted molar refractivity (Wildman–Crippen MR) is 77.5 cm³/mol. The molecule has 0 saturated carbocycles. The van der Waals surface area contributed by atoms with Crippen molar-refractivity contribution in [3.63, 3.8) is 0 Å². The summed E-state index contributed by atoms with van der Waals surface area (Å²) in [5, 5.41) is 2.82. The number of carbonyl (C=O) groups excluding carboxylic acids is 3. The number of aryl methyl sites for hydroxylation is 1. The van der Waals surface area contributed by atoms with Crippen LogP contribution in [0.15, 0.2) is 24.3 Å². The van der Waals surface area contributed by atoms with Gasteiger partial charge in [0.1, 0.15) is 13.1 Å². The summed E-state index contributed by atoms with van der Waals surface area (Å²) in [6.45, 7) is 3.64. The lowest BCUT2D eigenvalue weighted by Crippen LogP contribution is -2.41. The summed E-state index contributed by atoms with van der Waals surface area (Å²) < 4.78 is 0. The Hall–Kier alpha value is -2.37. The van der Waals surface area contributed by atoms with Gasteiger partial charge in [0, 0.05) is 7.05 Å². The fourth-order valence-electron chi connectivity index (χ4n) is 2.41. The Bertz CT molecular complexity index is 585. The summed E-state index contributed by atoms with van der Waals surface area (Å²) in [6, 6.07) is 7.15. The highest BCUT2D eigenvalue weighted by Crippen LogP contribution is 2.16. The van der Waals surface area contributed by atoms with E-state index < -0.39 is 6.03 Å². The van der Waals surface area contributed by atoms with E-state index in [2.05, 4.69) is 5.32 Å². The molecule has 1 N–H and O–H groups in total. The molecule has 1 heterocycles.